The summed E-state index contributed by atoms with van der Waals surface area (Å²) in [7, 11) is 1.63. The standard InChI is InChI=1S/C16H17ClF3N3OS/c1-21-15-22-13(8-2-4-9(5-3-8)16(18,19)20)12(14(24)23-15)10-6-7-11(17)25-10/h6-9H,2-5H2,1H3,(H2,21,22,23,24). The zero-order valence-electron chi connectivity index (χ0n) is 13.4. The highest BCUT2D eigenvalue weighted by Gasteiger charge is 2.42. The number of nitrogens with zero attached hydrogens (tertiary/aromatic N) is 1. The van der Waals surface area contributed by atoms with Crippen LogP contribution in [0.3, 0.4) is 0 Å². The number of alkyl halides is 3. The third kappa shape index (κ3) is 3.84. The van der Waals surface area contributed by atoms with Gasteiger partial charge >= 0.3 is 6.18 Å². The van der Waals surface area contributed by atoms with Crippen LogP contribution in [0.2, 0.25) is 4.34 Å². The summed E-state index contributed by atoms with van der Waals surface area (Å²) in [4.78, 5) is 20.3. The molecule has 9 heteroatoms. The van der Waals surface area contributed by atoms with Crippen molar-refractivity contribution in [3.63, 3.8) is 0 Å². The molecular formula is C16H17ClF3N3OS. The summed E-state index contributed by atoms with van der Waals surface area (Å²) in [6.45, 7) is 0. The van der Waals surface area contributed by atoms with Crippen molar-refractivity contribution < 1.29 is 13.2 Å². The van der Waals surface area contributed by atoms with Crippen LogP contribution in [0, 0.1) is 5.92 Å². The summed E-state index contributed by atoms with van der Waals surface area (Å²) in [6.07, 6.45) is -3.33. The maximum Gasteiger partial charge on any atom is 0.391 e. The quantitative estimate of drug-likeness (QED) is 0.771. The van der Waals surface area contributed by atoms with Gasteiger partial charge in [-0.05, 0) is 37.8 Å². The first kappa shape index (κ1) is 18.3. The van der Waals surface area contributed by atoms with Gasteiger partial charge in [-0.1, -0.05) is 11.6 Å². The molecule has 2 aromatic rings. The Kier molecular flexibility index (Phi) is 5.11. The maximum atomic E-state index is 12.9. The van der Waals surface area contributed by atoms with Gasteiger partial charge in [0.2, 0.25) is 5.95 Å². The Labute approximate surface area is 151 Å². The van der Waals surface area contributed by atoms with Gasteiger partial charge in [0.1, 0.15) is 0 Å². The van der Waals surface area contributed by atoms with Gasteiger partial charge in [-0.3, -0.25) is 9.78 Å². The predicted octanol–water partition coefficient (Wildman–Crippen LogP) is 5.03. The molecule has 0 aromatic carbocycles. The summed E-state index contributed by atoms with van der Waals surface area (Å²) >= 11 is 7.23. The molecule has 0 spiro atoms. The van der Waals surface area contributed by atoms with E-state index in [0.29, 0.717) is 39.3 Å². The Bertz CT molecular complexity index is 810. The Hall–Kier alpha value is -1.54. The molecule has 3 rings (SSSR count). The fraction of sp³-hybridized carbons (Fsp3) is 0.500. The van der Waals surface area contributed by atoms with Crippen LogP contribution in [-0.2, 0) is 0 Å². The van der Waals surface area contributed by atoms with Crippen LogP contribution in [0.5, 0.6) is 0 Å². The summed E-state index contributed by atoms with van der Waals surface area (Å²) in [5.41, 5.74) is 0.643. The Morgan fingerprint density at radius 2 is 1.96 bits per heavy atom. The highest BCUT2D eigenvalue weighted by molar-refractivity contribution is 7.19. The average Bonchev–Trinajstić information content (AvgIpc) is 2.99. The number of hydrogen-bond donors (Lipinski definition) is 2. The summed E-state index contributed by atoms with van der Waals surface area (Å²) in [5, 5.41) is 2.79. The smallest absolute Gasteiger partial charge is 0.359 e. The number of aromatic nitrogens is 2. The van der Waals surface area contributed by atoms with E-state index in [1.807, 2.05) is 0 Å². The highest BCUT2D eigenvalue weighted by Crippen LogP contribution is 2.44. The maximum absolute atomic E-state index is 12.9. The number of anilines is 1. The number of rotatable bonds is 3. The molecule has 0 aliphatic heterocycles. The fourth-order valence-electron chi connectivity index (χ4n) is 3.29. The van der Waals surface area contributed by atoms with E-state index in [0.717, 1.165) is 0 Å². The van der Waals surface area contributed by atoms with Crippen molar-refractivity contribution in [2.45, 2.75) is 37.8 Å². The molecule has 2 N–H and O–H groups in total. The first-order valence-electron chi connectivity index (χ1n) is 7.94. The van der Waals surface area contributed by atoms with Gasteiger partial charge in [0.25, 0.3) is 5.56 Å². The molecule has 0 saturated heterocycles. The zero-order valence-corrected chi connectivity index (χ0v) is 15.0. The highest BCUT2D eigenvalue weighted by atomic mass is 35.5. The van der Waals surface area contributed by atoms with Crippen LogP contribution < -0.4 is 10.9 Å². The molecule has 2 aromatic heterocycles. The van der Waals surface area contributed by atoms with E-state index in [1.54, 1.807) is 19.2 Å². The van der Waals surface area contributed by atoms with Crippen LogP contribution in [0.4, 0.5) is 19.1 Å². The normalized spacial score (nSPS) is 21.3. The van der Waals surface area contributed by atoms with Crippen molar-refractivity contribution in [2.75, 3.05) is 12.4 Å². The molecule has 1 aliphatic rings. The summed E-state index contributed by atoms with van der Waals surface area (Å²) in [6, 6.07) is 3.43. The van der Waals surface area contributed by atoms with Crippen LogP contribution in [0.15, 0.2) is 16.9 Å². The number of halogens is 4. The molecule has 2 heterocycles. The van der Waals surface area contributed by atoms with Crippen LogP contribution in [0.25, 0.3) is 10.4 Å². The average molecular weight is 392 g/mol. The third-order valence-corrected chi connectivity index (χ3v) is 5.83. The molecule has 0 bridgehead atoms. The van der Waals surface area contributed by atoms with Crippen molar-refractivity contribution in [1.82, 2.24) is 9.97 Å². The lowest BCUT2D eigenvalue weighted by atomic mass is 9.79. The first-order valence-corrected chi connectivity index (χ1v) is 9.13. The van der Waals surface area contributed by atoms with Crippen molar-refractivity contribution in [2.24, 2.45) is 5.92 Å². The molecule has 1 saturated carbocycles. The molecule has 0 radical (unpaired) electrons. The molecule has 136 valence electrons. The lowest BCUT2D eigenvalue weighted by Gasteiger charge is -2.30. The Morgan fingerprint density at radius 1 is 1.28 bits per heavy atom. The van der Waals surface area contributed by atoms with Crippen LogP contribution >= 0.6 is 22.9 Å². The Balaban J connectivity index is 1.98. The van der Waals surface area contributed by atoms with E-state index >= 15 is 0 Å². The van der Waals surface area contributed by atoms with Gasteiger partial charge in [0.15, 0.2) is 0 Å². The molecule has 1 fully saturated rings. The first-order chi connectivity index (χ1) is 11.8. The minimum atomic E-state index is -4.16. The van der Waals surface area contributed by atoms with E-state index in [4.69, 9.17) is 11.6 Å². The van der Waals surface area contributed by atoms with Gasteiger partial charge in [0, 0.05) is 17.8 Å². The van der Waals surface area contributed by atoms with E-state index < -0.39 is 12.1 Å². The number of aromatic amines is 1. The van der Waals surface area contributed by atoms with Crippen LogP contribution in [0.1, 0.15) is 37.3 Å². The number of hydrogen-bond acceptors (Lipinski definition) is 4. The van der Waals surface area contributed by atoms with Gasteiger partial charge in [-0.15, -0.1) is 11.3 Å². The largest absolute Gasteiger partial charge is 0.391 e. The second kappa shape index (κ2) is 6.99. The monoisotopic (exact) mass is 391 g/mol. The van der Waals surface area contributed by atoms with E-state index in [9.17, 15) is 18.0 Å². The zero-order chi connectivity index (χ0) is 18.2. The van der Waals surface area contributed by atoms with E-state index in [1.165, 1.54) is 11.3 Å². The minimum absolute atomic E-state index is 0.0577. The van der Waals surface area contributed by atoms with E-state index in [2.05, 4.69) is 15.3 Å². The molecule has 1 aliphatic carbocycles. The minimum Gasteiger partial charge on any atom is -0.359 e. The van der Waals surface area contributed by atoms with Gasteiger partial charge in [-0.25, -0.2) is 4.98 Å². The molecular weight excluding hydrogens is 375 g/mol. The summed E-state index contributed by atoms with van der Waals surface area (Å²) in [5.74, 6) is -1.14. The second-order valence-corrected chi connectivity index (χ2v) is 7.83. The topological polar surface area (TPSA) is 57.8 Å². The van der Waals surface area contributed by atoms with E-state index in [-0.39, 0.29) is 24.3 Å². The molecule has 0 atom stereocenters. The molecule has 0 unspecified atom stereocenters. The second-order valence-electron chi connectivity index (χ2n) is 6.12. The predicted molar refractivity (Wildman–Crippen MR) is 93.5 cm³/mol. The number of thiophene rings is 1. The molecule has 25 heavy (non-hydrogen) atoms. The Morgan fingerprint density at radius 3 is 2.48 bits per heavy atom. The number of H-pyrrole nitrogens is 1. The van der Waals surface area contributed by atoms with Crippen molar-refractivity contribution in [3.05, 3.63) is 32.5 Å². The van der Waals surface area contributed by atoms with Gasteiger partial charge in [0.05, 0.1) is 21.5 Å². The SMILES string of the molecule is CNc1nc(C2CCC(C(F)(F)F)CC2)c(-c2ccc(Cl)s2)c(=O)[nH]1. The van der Waals surface area contributed by atoms with Crippen molar-refractivity contribution in [1.29, 1.82) is 0 Å². The fourth-order valence-corrected chi connectivity index (χ4v) is 4.38. The summed E-state index contributed by atoms with van der Waals surface area (Å²) < 4.78 is 39.3. The molecule has 0 amide bonds. The van der Waals surface area contributed by atoms with Crippen molar-refractivity contribution >= 4 is 28.9 Å². The lowest BCUT2D eigenvalue weighted by molar-refractivity contribution is -0.182. The van der Waals surface area contributed by atoms with Crippen molar-refractivity contribution in [3.8, 4) is 10.4 Å². The third-order valence-electron chi connectivity index (χ3n) is 4.58. The van der Waals surface area contributed by atoms with Crippen LogP contribution in [-0.4, -0.2) is 23.2 Å². The lowest BCUT2D eigenvalue weighted by Crippen LogP contribution is -2.28. The molecule has 4 nitrogen and oxygen atoms in total. The number of nitrogens with one attached hydrogen (secondary N) is 2. The van der Waals surface area contributed by atoms with Gasteiger partial charge < -0.3 is 5.32 Å². The van der Waals surface area contributed by atoms with Gasteiger partial charge in [-0.2, -0.15) is 13.2 Å².